The Morgan fingerprint density at radius 2 is 2.06 bits per heavy atom. The standard InChI is InChI=1S/C13H26N2O/c1-10(14)12-4-3-7-15(8-12)13(9-16-2)11-5-6-11/h10-13H,3-9,14H2,1-2H3. The molecule has 0 radical (unpaired) electrons. The molecule has 1 saturated carbocycles. The van der Waals surface area contributed by atoms with Crippen molar-refractivity contribution in [2.45, 2.75) is 44.7 Å². The Hall–Kier alpha value is -0.120. The third-order valence-corrected chi connectivity index (χ3v) is 4.21. The summed E-state index contributed by atoms with van der Waals surface area (Å²) in [5.41, 5.74) is 6.04. The summed E-state index contributed by atoms with van der Waals surface area (Å²) in [6.07, 6.45) is 5.40. The van der Waals surface area contributed by atoms with Crippen LogP contribution in [0.25, 0.3) is 0 Å². The maximum absolute atomic E-state index is 6.04. The molecule has 0 aromatic carbocycles. The Kier molecular flexibility index (Phi) is 4.22. The molecule has 2 aliphatic rings. The largest absolute Gasteiger partial charge is 0.383 e. The molecule has 1 aliphatic heterocycles. The number of nitrogens with zero attached hydrogens (tertiary/aromatic N) is 1. The van der Waals surface area contributed by atoms with E-state index in [-0.39, 0.29) is 0 Å². The van der Waals surface area contributed by atoms with Gasteiger partial charge in [-0.1, -0.05) is 0 Å². The molecule has 16 heavy (non-hydrogen) atoms. The second-order valence-corrected chi connectivity index (χ2v) is 5.62. The minimum absolute atomic E-state index is 0.338. The van der Waals surface area contributed by atoms with Gasteiger partial charge >= 0.3 is 0 Å². The zero-order chi connectivity index (χ0) is 11.5. The van der Waals surface area contributed by atoms with Crippen LogP contribution < -0.4 is 5.73 Å². The quantitative estimate of drug-likeness (QED) is 0.771. The molecule has 0 spiro atoms. The molecule has 2 N–H and O–H groups in total. The lowest BCUT2D eigenvalue weighted by atomic mass is 9.91. The van der Waals surface area contributed by atoms with E-state index < -0.39 is 0 Å². The molecule has 2 fully saturated rings. The van der Waals surface area contributed by atoms with Gasteiger partial charge in [-0.15, -0.1) is 0 Å². The Bertz CT molecular complexity index is 216. The van der Waals surface area contributed by atoms with Crippen LogP contribution in [0.15, 0.2) is 0 Å². The number of nitrogens with two attached hydrogens (primary N) is 1. The van der Waals surface area contributed by atoms with Crippen molar-refractivity contribution in [3.63, 3.8) is 0 Å². The predicted octanol–water partition coefficient (Wildman–Crippen LogP) is 1.47. The van der Waals surface area contributed by atoms with Gasteiger partial charge in [-0.2, -0.15) is 0 Å². The van der Waals surface area contributed by atoms with Gasteiger partial charge in [0.1, 0.15) is 0 Å². The number of hydrogen-bond acceptors (Lipinski definition) is 3. The number of piperidine rings is 1. The number of likely N-dealkylation sites (tertiary alicyclic amines) is 1. The first-order valence-electron chi connectivity index (χ1n) is 6.71. The van der Waals surface area contributed by atoms with Gasteiger partial charge in [0.2, 0.25) is 0 Å². The molecule has 0 amide bonds. The highest BCUT2D eigenvalue weighted by molar-refractivity contribution is 4.91. The van der Waals surface area contributed by atoms with E-state index in [1.807, 2.05) is 7.11 Å². The molecule has 3 unspecified atom stereocenters. The summed E-state index contributed by atoms with van der Waals surface area (Å²) in [4.78, 5) is 2.64. The van der Waals surface area contributed by atoms with Gasteiger partial charge in [0.15, 0.2) is 0 Å². The molecule has 0 aromatic rings. The molecule has 0 aromatic heterocycles. The Morgan fingerprint density at radius 1 is 1.31 bits per heavy atom. The molecule has 1 saturated heterocycles. The van der Waals surface area contributed by atoms with Crippen molar-refractivity contribution in [3.05, 3.63) is 0 Å². The molecule has 1 heterocycles. The van der Waals surface area contributed by atoms with Crippen molar-refractivity contribution in [2.24, 2.45) is 17.6 Å². The van der Waals surface area contributed by atoms with Gasteiger partial charge in [-0.3, -0.25) is 4.90 Å². The van der Waals surface area contributed by atoms with Crippen LogP contribution in [-0.2, 0) is 4.74 Å². The molecule has 94 valence electrons. The predicted molar refractivity (Wildman–Crippen MR) is 66.3 cm³/mol. The summed E-state index contributed by atoms with van der Waals surface area (Å²) in [5.74, 6) is 1.58. The number of ether oxygens (including phenoxy) is 1. The molecule has 2 rings (SSSR count). The smallest absolute Gasteiger partial charge is 0.0620 e. The maximum atomic E-state index is 6.04. The summed E-state index contributed by atoms with van der Waals surface area (Å²) in [7, 11) is 1.82. The van der Waals surface area contributed by atoms with E-state index in [0.29, 0.717) is 18.0 Å². The molecule has 3 heteroatoms. The van der Waals surface area contributed by atoms with Gasteiger partial charge in [-0.05, 0) is 51.0 Å². The molecular weight excluding hydrogens is 200 g/mol. The van der Waals surface area contributed by atoms with E-state index in [2.05, 4.69) is 11.8 Å². The van der Waals surface area contributed by atoms with Gasteiger partial charge in [0, 0.05) is 25.7 Å². The number of methoxy groups -OCH3 is 1. The van der Waals surface area contributed by atoms with E-state index in [1.54, 1.807) is 0 Å². The fraction of sp³-hybridized carbons (Fsp3) is 1.00. The monoisotopic (exact) mass is 226 g/mol. The average molecular weight is 226 g/mol. The second-order valence-electron chi connectivity index (χ2n) is 5.62. The van der Waals surface area contributed by atoms with E-state index in [0.717, 1.165) is 12.5 Å². The van der Waals surface area contributed by atoms with E-state index >= 15 is 0 Å². The van der Waals surface area contributed by atoms with E-state index in [4.69, 9.17) is 10.5 Å². The van der Waals surface area contributed by atoms with Gasteiger partial charge < -0.3 is 10.5 Å². The first kappa shape index (κ1) is 12.3. The summed E-state index contributed by atoms with van der Waals surface area (Å²) < 4.78 is 5.38. The minimum atomic E-state index is 0.338. The normalized spacial score (nSPS) is 31.3. The van der Waals surface area contributed by atoms with Crippen LogP contribution in [0.3, 0.4) is 0 Å². The lowest BCUT2D eigenvalue weighted by molar-refractivity contribution is 0.0448. The molecule has 0 bridgehead atoms. The summed E-state index contributed by atoms with van der Waals surface area (Å²) in [6.45, 7) is 5.48. The Labute approximate surface area is 99.3 Å². The van der Waals surface area contributed by atoms with Crippen LogP contribution in [0, 0.1) is 11.8 Å². The average Bonchev–Trinajstić information content (AvgIpc) is 3.10. The third kappa shape index (κ3) is 2.96. The minimum Gasteiger partial charge on any atom is -0.383 e. The van der Waals surface area contributed by atoms with Crippen LogP contribution in [0.2, 0.25) is 0 Å². The third-order valence-electron chi connectivity index (χ3n) is 4.21. The summed E-state index contributed by atoms with van der Waals surface area (Å²) in [6, 6.07) is 0.997. The zero-order valence-corrected chi connectivity index (χ0v) is 10.7. The van der Waals surface area contributed by atoms with Crippen molar-refractivity contribution in [3.8, 4) is 0 Å². The first-order valence-corrected chi connectivity index (χ1v) is 6.71. The van der Waals surface area contributed by atoms with Gasteiger partial charge in [-0.25, -0.2) is 0 Å². The SMILES string of the molecule is COCC(C1CC1)N1CCCC(C(C)N)C1. The van der Waals surface area contributed by atoms with Crippen LogP contribution >= 0.6 is 0 Å². The highest BCUT2D eigenvalue weighted by Gasteiger charge is 2.37. The Balaban J connectivity index is 1.90. The molecule has 3 atom stereocenters. The van der Waals surface area contributed by atoms with Crippen molar-refractivity contribution in [2.75, 3.05) is 26.8 Å². The first-order chi connectivity index (χ1) is 7.72. The highest BCUT2D eigenvalue weighted by atomic mass is 16.5. The molecular formula is C13H26N2O. The topological polar surface area (TPSA) is 38.5 Å². The van der Waals surface area contributed by atoms with Gasteiger partial charge in [0.05, 0.1) is 6.61 Å². The highest BCUT2D eigenvalue weighted by Crippen LogP contribution is 2.37. The zero-order valence-electron chi connectivity index (χ0n) is 10.7. The van der Waals surface area contributed by atoms with Crippen LogP contribution in [0.4, 0.5) is 0 Å². The van der Waals surface area contributed by atoms with Crippen molar-refractivity contribution in [1.82, 2.24) is 4.90 Å². The van der Waals surface area contributed by atoms with E-state index in [1.165, 1.54) is 38.8 Å². The number of rotatable bonds is 5. The summed E-state index contributed by atoms with van der Waals surface area (Å²) >= 11 is 0. The lowest BCUT2D eigenvalue weighted by Crippen LogP contribution is -2.49. The van der Waals surface area contributed by atoms with Crippen molar-refractivity contribution in [1.29, 1.82) is 0 Å². The lowest BCUT2D eigenvalue weighted by Gasteiger charge is -2.39. The second kappa shape index (κ2) is 5.48. The van der Waals surface area contributed by atoms with Crippen molar-refractivity contribution >= 4 is 0 Å². The maximum Gasteiger partial charge on any atom is 0.0620 e. The van der Waals surface area contributed by atoms with Crippen molar-refractivity contribution < 1.29 is 4.74 Å². The van der Waals surface area contributed by atoms with Crippen LogP contribution in [0.1, 0.15) is 32.6 Å². The van der Waals surface area contributed by atoms with Crippen LogP contribution in [0.5, 0.6) is 0 Å². The molecule has 3 nitrogen and oxygen atoms in total. The fourth-order valence-electron chi connectivity index (χ4n) is 2.96. The van der Waals surface area contributed by atoms with Crippen LogP contribution in [-0.4, -0.2) is 43.8 Å². The fourth-order valence-corrected chi connectivity index (χ4v) is 2.96. The summed E-state index contributed by atoms with van der Waals surface area (Å²) in [5, 5.41) is 0. The number of hydrogen-bond donors (Lipinski definition) is 1. The Morgan fingerprint density at radius 3 is 2.62 bits per heavy atom. The van der Waals surface area contributed by atoms with Gasteiger partial charge in [0.25, 0.3) is 0 Å². The van der Waals surface area contributed by atoms with E-state index in [9.17, 15) is 0 Å². The molecule has 1 aliphatic carbocycles.